The standard InChI is InChI=1S/C16H22N2O3/c19-18(20)15-3-5-16(6-4-15)21-8-7-17-11-14-10-12-1-2-13(14)9-12/h3-6,12-14,17H,1-2,7-11H2. The Hall–Kier alpha value is -1.62. The number of non-ortho nitro benzene ring substituents is 1. The third-order valence-electron chi connectivity index (χ3n) is 4.89. The maximum atomic E-state index is 10.5. The molecule has 0 aliphatic heterocycles. The number of hydrogen-bond donors (Lipinski definition) is 1. The second-order valence-electron chi connectivity index (χ2n) is 6.24. The molecule has 2 aliphatic rings. The molecule has 2 aliphatic carbocycles. The lowest BCUT2D eigenvalue weighted by molar-refractivity contribution is -0.384. The minimum Gasteiger partial charge on any atom is -0.492 e. The highest BCUT2D eigenvalue weighted by atomic mass is 16.6. The molecule has 5 heteroatoms. The second kappa shape index (κ2) is 6.43. The van der Waals surface area contributed by atoms with E-state index in [1.807, 2.05) is 0 Å². The van der Waals surface area contributed by atoms with Gasteiger partial charge < -0.3 is 10.1 Å². The minimum atomic E-state index is -0.402. The molecule has 0 heterocycles. The Labute approximate surface area is 124 Å². The Morgan fingerprint density at radius 3 is 2.67 bits per heavy atom. The summed E-state index contributed by atoms with van der Waals surface area (Å²) in [5, 5.41) is 14.0. The van der Waals surface area contributed by atoms with Gasteiger partial charge in [0.15, 0.2) is 0 Å². The summed E-state index contributed by atoms with van der Waals surface area (Å²) in [7, 11) is 0. The van der Waals surface area contributed by atoms with E-state index in [1.54, 1.807) is 12.1 Å². The third-order valence-corrected chi connectivity index (χ3v) is 4.89. The summed E-state index contributed by atoms with van der Waals surface area (Å²) in [5.41, 5.74) is 0.0942. The molecule has 5 nitrogen and oxygen atoms in total. The minimum absolute atomic E-state index is 0.0942. The topological polar surface area (TPSA) is 64.4 Å². The van der Waals surface area contributed by atoms with Crippen molar-refractivity contribution in [3.8, 4) is 5.75 Å². The number of nitro benzene ring substituents is 1. The van der Waals surface area contributed by atoms with Crippen LogP contribution in [0.4, 0.5) is 5.69 Å². The van der Waals surface area contributed by atoms with Gasteiger partial charge in [-0.25, -0.2) is 0 Å². The van der Waals surface area contributed by atoms with Crippen molar-refractivity contribution in [2.75, 3.05) is 19.7 Å². The monoisotopic (exact) mass is 290 g/mol. The number of nitrogens with zero attached hydrogens (tertiary/aromatic N) is 1. The number of benzene rings is 1. The molecular formula is C16H22N2O3. The van der Waals surface area contributed by atoms with Gasteiger partial charge in [0, 0.05) is 18.7 Å². The van der Waals surface area contributed by atoms with Crippen LogP contribution in [0.3, 0.4) is 0 Å². The highest BCUT2D eigenvalue weighted by Crippen LogP contribution is 2.47. The average Bonchev–Trinajstić information content (AvgIpc) is 3.10. The molecular weight excluding hydrogens is 268 g/mol. The first kappa shape index (κ1) is 14.3. The van der Waals surface area contributed by atoms with E-state index in [1.165, 1.54) is 37.8 Å². The zero-order valence-electron chi connectivity index (χ0n) is 12.2. The second-order valence-corrected chi connectivity index (χ2v) is 6.24. The first-order valence-electron chi connectivity index (χ1n) is 7.80. The van der Waals surface area contributed by atoms with Gasteiger partial charge in [0.1, 0.15) is 12.4 Å². The van der Waals surface area contributed by atoms with E-state index in [-0.39, 0.29) is 5.69 Å². The number of rotatable bonds is 7. The highest BCUT2D eigenvalue weighted by Gasteiger charge is 2.38. The molecule has 1 aromatic rings. The summed E-state index contributed by atoms with van der Waals surface area (Å²) in [5.74, 6) is 3.50. The molecule has 2 fully saturated rings. The van der Waals surface area contributed by atoms with Crippen LogP contribution in [0.15, 0.2) is 24.3 Å². The van der Waals surface area contributed by atoms with E-state index in [0.29, 0.717) is 12.4 Å². The Morgan fingerprint density at radius 1 is 1.24 bits per heavy atom. The van der Waals surface area contributed by atoms with E-state index in [9.17, 15) is 10.1 Å². The van der Waals surface area contributed by atoms with Crippen molar-refractivity contribution in [3.05, 3.63) is 34.4 Å². The summed E-state index contributed by atoms with van der Waals surface area (Å²) >= 11 is 0. The quantitative estimate of drug-likeness (QED) is 0.476. The van der Waals surface area contributed by atoms with Crippen molar-refractivity contribution >= 4 is 5.69 Å². The van der Waals surface area contributed by atoms with Gasteiger partial charge in [-0.15, -0.1) is 0 Å². The van der Waals surface area contributed by atoms with Gasteiger partial charge in [0.05, 0.1) is 4.92 Å². The average molecular weight is 290 g/mol. The van der Waals surface area contributed by atoms with Crippen molar-refractivity contribution in [2.45, 2.75) is 25.7 Å². The van der Waals surface area contributed by atoms with E-state index in [0.717, 1.165) is 30.8 Å². The van der Waals surface area contributed by atoms with Crippen LogP contribution in [-0.4, -0.2) is 24.6 Å². The predicted molar refractivity (Wildman–Crippen MR) is 80.4 cm³/mol. The van der Waals surface area contributed by atoms with Crippen molar-refractivity contribution < 1.29 is 9.66 Å². The number of fused-ring (bicyclic) bond motifs is 2. The predicted octanol–water partition coefficient (Wildman–Crippen LogP) is 3.00. The van der Waals surface area contributed by atoms with Crippen LogP contribution < -0.4 is 10.1 Å². The molecule has 0 amide bonds. The zero-order chi connectivity index (χ0) is 14.7. The maximum absolute atomic E-state index is 10.5. The van der Waals surface area contributed by atoms with Gasteiger partial charge >= 0.3 is 0 Å². The molecule has 0 radical (unpaired) electrons. The molecule has 3 atom stereocenters. The molecule has 0 saturated heterocycles. The normalized spacial score (nSPS) is 27.0. The fourth-order valence-corrected chi connectivity index (χ4v) is 3.82. The SMILES string of the molecule is O=[N+]([O-])c1ccc(OCCNCC2CC3CCC2C3)cc1. The van der Waals surface area contributed by atoms with Crippen LogP contribution in [0.5, 0.6) is 5.75 Å². The van der Waals surface area contributed by atoms with Gasteiger partial charge in [0.2, 0.25) is 0 Å². The number of nitrogens with one attached hydrogen (secondary N) is 1. The van der Waals surface area contributed by atoms with Crippen LogP contribution in [0.2, 0.25) is 0 Å². The van der Waals surface area contributed by atoms with Gasteiger partial charge in [-0.05, 0) is 55.7 Å². The van der Waals surface area contributed by atoms with Gasteiger partial charge in [0.25, 0.3) is 5.69 Å². The molecule has 114 valence electrons. The number of nitro groups is 1. The Kier molecular flexibility index (Phi) is 4.39. The molecule has 2 saturated carbocycles. The fraction of sp³-hybridized carbons (Fsp3) is 0.625. The molecule has 0 spiro atoms. The molecule has 0 aromatic heterocycles. The van der Waals surface area contributed by atoms with Gasteiger partial charge in [-0.1, -0.05) is 6.42 Å². The van der Waals surface area contributed by atoms with Crippen LogP contribution in [-0.2, 0) is 0 Å². The molecule has 21 heavy (non-hydrogen) atoms. The smallest absolute Gasteiger partial charge is 0.269 e. The van der Waals surface area contributed by atoms with Crippen LogP contribution in [0.25, 0.3) is 0 Å². The van der Waals surface area contributed by atoms with Crippen LogP contribution in [0.1, 0.15) is 25.7 Å². The molecule has 3 rings (SSSR count). The summed E-state index contributed by atoms with van der Waals surface area (Å²) in [6.07, 6.45) is 5.73. The zero-order valence-corrected chi connectivity index (χ0v) is 12.2. The van der Waals surface area contributed by atoms with Gasteiger partial charge in [-0.3, -0.25) is 10.1 Å². The maximum Gasteiger partial charge on any atom is 0.269 e. The van der Waals surface area contributed by atoms with Gasteiger partial charge in [-0.2, -0.15) is 0 Å². The van der Waals surface area contributed by atoms with E-state index >= 15 is 0 Å². The van der Waals surface area contributed by atoms with E-state index in [2.05, 4.69) is 5.32 Å². The molecule has 1 aromatic carbocycles. The first-order chi connectivity index (χ1) is 10.2. The lowest BCUT2D eigenvalue weighted by Gasteiger charge is -2.21. The number of hydrogen-bond acceptors (Lipinski definition) is 4. The number of ether oxygens (including phenoxy) is 1. The van der Waals surface area contributed by atoms with Crippen molar-refractivity contribution in [1.82, 2.24) is 5.32 Å². The van der Waals surface area contributed by atoms with Crippen LogP contribution >= 0.6 is 0 Å². The largest absolute Gasteiger partial charge is 0.492 e. The molecule has 1 N–H and O–H groups in total. The fourth-order valence-electron chi connectivity index (χ4n) is 3.82. The van der Waals surface area contributed by atoms with E-state index in [4.69, 9.17) is 4.74 Å². The molecule has 2 bridgehead atoms. The van der Waals surface area contributed by atoms with E-state index < -0.39 is 4.92 Å². The Bertz CT molecular complexity index is 489. The summed E-state index contributed by atoms with van der Waals surface area (Å²) in [4.78, 5) is 10.1. The van der Waals surface area contributed by atoms with Crippen molar-refractivity contribution in [3.63, 3.8) is 0 Å². The van der Waals surface area contributed by atoms with Crippen molar-refractivity contribution in [2.24, 2.45) is 17.8 Å². The lowest BCUT2D eigenvalue weighted by atomic mass is 9.89. The first-order valence-corrected chi connectivity index (χ1v) is 7.80. The van der Waals surface area contributed by atoms with Crippen LogP contribution in [0, 0.1) is 27.9 Å². The summed E-state index contributed by atoms with van der Waals surface area (Å²) in [6, 6.07) is 6.23. The highest BCUT2D eigenvalue weighted by molar-refractivity contribution is 5.35. The Balaban J connectivity index is 1.32. The Morgan fingerprint density at radius 2 is 2.05 bits per heavy atom. The third kappa shape index (κ3) is 3.53. The summed E-state index contributed by atoms with van der Waals surface area (Å²) < 4.78 is 5.58. The summed E-state index contributed by atoms with van der Waals surface area (Å²) in [6.45, 7) is 2.52. The molecule has 3 unspecified atom stereocenters. The lowest BCUT2D eigenvalue weighted by Crippen LogP contribution is -2.29. The van der Waals surface area contributed by atoms with Crippen molar-refractivity contribution in [1.29, 1.82) is 0 Å².